The zero-order valence-corrected chi connectivity index (χ0v) is 29.3. The number of rotatable bonds is 23. The molecular weight excluding hydrogens is 650 g/mol. The van der Waals surface area contributed by atoms with Gasteiger partial charge in [0.25, 0.3) is 11.8 Å². The first kappa shape index (κ1) is 40.3. The Morgan fingerprint density at radius 1 is 0.569 bits per heavy atom. The van der Waals surface area contributed by atoms with Gasteiger partial charge < -0.3 is 46.5 Å². The van der Waals surface area contributed by atoms with Crippen molar-refractivity contribution in [1.29, 1.82) is 0 Å². The number of nitrogens with two attached hydrogens (primary N) is 1. The van der Waals surface area contributed by atoms with Gasteiger partial charge >= 0.3 is 0 Å². The average Bonchev–Trinajstić information content (AvgIpc) is 3.18. The molecule has 14 heteroatoms. The molecule has 2 amide bonds. The van der Waals surface area contributed by atoms with Crippen molar-refractivity contribution in [3.8, 4) is 0 Å². The summed E-state index contributed by atoms with van der Waals surface area (Å²) in [5.74, 6) is 0.914. The van der Waals surface area contributed by atoms with Crippen LogP contribution >= 0.6 is 0 Å². The predicted octanol–water partition coefficient (Wildman–Crippen LogP) is 4.09. The van der Waals surface area contributed by atoms with Crippen LogP contribution in [0.4, 0.5) is 23.5 Å². The van der Waals surface area contributed by atoms with E-state index < -0.39 is 0 Å². The third-order valence-electron chi connectivity index (χ3n) is 6.91. The van der Waals surface area contributed by atoms with Gasteiger partial charge in [0.05, 0.1) is 33.0 Å². The summed E-state index contributed by atoms with van der Waals surface area (Å²) in [6, 6.07) is 28.2. The lowest BCUT2D eigenvalue weighted by atomic mass is 10.2. The maximum atomic E-state index is 12.4. The number of benzene rings is 3. The molecule has 51 heavy (non-hydrogen) atoms. The third kappa shape index (κ3) is 17.9. The van der Waals surface area contributed by atoms with Gasteiger partial charge in [-0.2, -0.15) is 15.0 Å². The van der Waals surface area contributed by atoms with E-state index in [0.717, 1.165) is 24.9 Å². The fourth-order valence-electron chi connectivity index (χ4n) is 4.32. The van der Waals surface area contributed by atoms with E-state index >= 15 is 0 Å². The van der Waals surface area contributed by atoms with Crippen molar-refractivity contribution in [2.24, 2.45) is 5.73 Å². The molecule has 274 valence electrons. The van der Waals surface area contributed by atoms with E-state index in [-0.39, 0.29) is 11.8 Å². The standard InChI is InChI=1S/C31H45N9O5.C6H6/c1-33-29-38-30(36-17-21-43-18-7-3-6-15-34-27(41)24-8-4-2-5-9-24)40-31(39-29)37-26-12-10-25(11-13-26)28(42)35-16-20-45-23-22-44-19-14-32;1-2-4-6-5-3-1/h2,4-5,8-13H,3,6-7,14-23,32H2,1H3,(H,34,41)(H,35,42)(H3,33,36,37,38,39,40);1-6H. The van der Waals surface area contributed by atoms with Crippen molar-refractivity contribution < 1.29 is 23.8 Å². The molecule has 0 saturated carbocycles. The molecule has 4 rings (SSSR count). The quantitative estimate of drug-likeness (QED) is 0.0610. The summed E-state index contributed by atoms with van der Waals surface area (Å²) in [4.78, 5) is 37.6. The van der Waals surface area contributed by atoms with E-state index in [1.807, 2.05) is 54.6 Å². The SMILES string of the molecule is CNc1nc(NCCOCCCCCNC(=O)c2ccccc2)nc(Nc2ccc(C(=O)NCCOCCOCCN)cc2)n1.c1ccccc1. The Bertz CT molecular complexity index is 1470. The number of carbonyl (C=O) groups excluding carboxylic acids is 2. The van der Waals surface area contributed by atoms with Crippen molar-refractivity contribution in [1.82, 2.24) is 25.6 Å². The lowest BCUT2D eigenvalue weighted by Crippen LogP contribution is -2.27. The van der Waals surface area contributed by atoms with Crippen LogP contribution < -0.4 is 32.3 Å². The van der Waals surface area contributed by atoms with Crippen molar-refractivity contribution in [3.05, 3.63) is 102 Å². The Hall–Kier alpha value is -5.15. The molecule has 1 heterocycles. The summed E-state index contributed by atoms with van der Waals surface area (Å²) in [5, 5.41) is 15.0. The molecule has 0 aliphatic rings. The van der Waals surface area contributed by atoms with Crippen molar-refractivity contribution in [2.45, 2.75) is 19.3 Å². The van der Waals surface area contributed by atoms with Gasteiger partial charge in [0.1, 0.15) is 0 Å². The van der Waals surface area contributed by atoms with Gasteiger partial charge in [-0.25, -0.2) is 0 Å². The van der Waals surface area contributed by atoms with Gasteiger partial charge in [0.2, 0.25) is 17.8 Å². The van der Waals surface area contributed by atoms with E-state index in [4.69, 9.17) is 19.9 Å². The summed E-state index contributed by atoms with van der Waals surface area (Å²) in [6.07, 6.45) is 2.77. The predicted molar refractivity (Wildman–Crippen MR) is 201 cm³/mol. The van der Waals surface area contributed by atoms with Crippen LogP contribution in [0, 0.1) is 0 Å². The first-order valence-electron chi connectivity index (χ1n) is 17.2. The summed E-state index contributed by atoms with van der Waals surface area (Å²) < 4.78 is 16.4. The van der Waals surface area contributed by atoms with Gasteiger partial charge in [0, 0.05) is 56.6 Å². The van der Waals surface area contributed by atoms with Gasteiger partial charge in [-0.05, 0) is 55.7 Å². The highest BCUT2D eigenvalue weighted by Gasteiger charge is 2.09. The van der Waals surface area contributed by atoms with Crippen LogP contribution in [0.15, 0.2) is 91.0 Å². The van der Waals surface area contributed by atoms with Crippen LogP contribution in [0.3, 0.4) is 0 Å². The molecule has 0 unspecified atom stereocenters. The molecule has 0 aliphatic heterocycles. The zero-order chi connectivity index (χ0) is 36.2. The topological polar surface area (TPSA) is 187 Å². The largest absolute Gasteiger partial charge is 0.380 e. The number of nitrogens with zero attached hydrogens (tertiary/aromatic N) is 3. The Balaban J connectivity index is 0.00000106. The molecule has 0 spiro atoms. The fraction of sp³-hybridized carbons (Fsp3) is 0.378. The molecule has 4 aromatic rings. The molecule has 3 aromatic carbocycles. The Labute approximate surface area is 300 Å². The first-order chi connectivity index (χ1) is 25.1. The van der Waals surface area contributed by atoms with E-state index in [0.29, 0.717) is 94.8 Å². The van der Waals surface area contributed by atoms with Crippen molar-refractivity contribution in [3.63, 3.8) is 0 Å². The van der Waals surface area contributed by atoms with Crippen LogP contribution in [0.5, 0.6) is 0 Å². The Kier molecular flexibility index (Phi) is 20.4. The number of ether oxygens (including phenoxy) is 3. The maximum Gasteiger partial charge on any atom is 0.251 e. The molecule has 0 fully saturated rings. The molecule has 1 aromatic heterocycles. The number of hydrogen-bond donors (Lipinski definition) is 6. The number of hydrogen-bond acceptors (Lipinski definition) is 12. The minimum Gasteiger partial charge on any atom is -0.380 e. The van der Waals surface area contributed by atoms with Gasteiger partial charge in [-0.15, -0.1) is 0 Å². The summed E-state index contributed by atoms with van der Waals surface area (Å²) in [7, 11) is 1.73. The molecule has 0 atom stereocenters. The molecule has 0 radical (unpaired) electrons. The number of amides is 2. The number of carbonyl (C=O) groups is 2. The van der Waals surface area contributed by atoms with Crippen LogP contribution in [-0.2, 0) is 14.2 Å². The molecule has 0 bridgehead atoms. The average molecular weight is 702 g/mol. The Morgan fingerprint density at radius 2 is 1.12 bits per heavy atom. The van der Waals surface area contributed by atoms with E-state index in [9.17, 15) is 9.59 Å². The second kappa shape index (κ2) is 25.8. The summed E-state index contributed by atoms with van der Waals surface area (Å²) in [5.41, 5.74) is 7.27. The van der Waals surface area contributed by atoms with Crippen molar-refractivity contribution in [2.75, 3.05) is 88.8 Å². The highest BCUT2D eigenvalue weighted by molar-refractivity contribution is 5.94. The third-order valence-corrected chi connectivity index (χ3v) is 6.91. The first-order valence-corrected chi connectivity index (χ1v) is 17.2. The van der Waals surface area contributed by atoms with Crippen LogP contribution in [-0.4, -0.2) is 99.6 Å². The summed E-state index contributed by atoms with van der Waals surface area (Å²) in [6.45, 7) is 4.99. The smallest absolute Gasteiger partial charge is 0.251 e. The molecule has 7 N–H and O–H groups in total. The fourth-order valence-corrected chi connectivity index (χ4v) is 4.32. The highest BCUT2D eigenvalue weighted by atomic mass is 16.5. The zero-order valence-electron chi connectivity index (χ0n) is 29.3. The second-order valence-electron chi connectivity index (χ2n) is 10.9. The minimum atomic E-state index is -0.191. The highest BCUT2D eigenvalue weighted by Crippen LogP contribution is 2.16. The lowest BCUT2D eigenvalue weighted by Gasteiger charge is -2.11. The van der Waals surface area contributed by atoms with Gasteiger partial charge in [-0.1, -0.05) is 54.6 Å². The minimum absolute atomic E-state index is 0.0477. The normalized spacial score (nSPS) is 10.4. The Morgan fingerprint density at radius 3 is 1.78 bits per heavy atom. The molecule has 0 aliphatic carbocycles. The molecule has 0 saturated heterocycles. The van der Waals surface area contributed by atoms with Crippen LogP contribution in [0.1, 0.15) is 40.0 Å². The van der Waals surface area contributed by atoms with Crippen molar-refractivity contribution >= 4 is 35.3 Å². The molecule has 14 nitrogen and oxygen atoms in total. The van der Waals surface area contributed by atoms with E-state index in [2.05, 4.69) is 41.5 Å². The number of nitrogens with one attached hydrogen (secondary N) is 5. The monoisotopic (exact) mass is 701 g/mol. The number of unbranched alkanes of at least 4 members (excludes halogenated alkanes) is 2. The molecular formula is C37H51N9O5. The van der Waals surface area contributed by atoms with E-state index in [1.54, 1.807) is 43.4 Å². The number of anilines is 4. The summed E-state index contributed by atoms with van der Waals surface area (Å²) >= 11 is 0. The maximum absolute atomic E-state index is 12.4. The van der Waals surface area contributed by atoms with Gasteiger partial charge in [-0.3, -0.25) is 9.59 Å². The van der Waals surface area contributed by atoms with Gasteiger partial charge in [0.15, 0.2) is 0 Å². The van der Waals surface area contributed by atoms with Crippen LogP contribution in [0.2, 0.25) is 0 Å². The van der Waals surface area contributed by atoms with Crippen LogP contribution in [0.25, 0.3) is 0 Å². The lowest BCUT2D eigenvalue weighted by molar-refractivity contribution is 0.0511. The van der Waals surface area contributed by atoms with E-state index in [1.165, 1.54) is 0 Å². The number of aromatic nitrogens is 3. The second-order valence-corrected chi connectivity index (χ2v) is 10.9.